The van der Waals surface area contributed by atoms with E-state index < -0.39 is 12.1 Å². The molecule has 0 fully saturated rings. The lowest BCUT2D eigenvalue weighted by Crippen LogP contribution is -2.36. The van der Waals surface area contributed by atoms with Crippen LogP contribution in [0.1, 0.15) is 18.1 Å². The van der Waals surface area contributed by atoms with Crippen LogP contribution in [0.5, 0.6) is 5.75 Å². The van der Waals surface area contributed by atoms with Crippen molar-refractivity contribution < 1.29 is 23.5 Å². The zero-order valence-electron chi connectivity index (χ0n) is 15.3. The predicted molar refractivity (Wildman–Crippen MR) is 101 cm³/mol. The van der Waals surface area contributed by atoms with Crippen molar-refractivity contribution in [3.63, 3.8) is 0 Å². The molecule has 5 nitrogen and oxygen atoms in total. The Labute approximate surface area is 157 Å². The number of amides is 1. The summed E-state index contributed by atoms with van der Waals surface area (Å²) < 4.78 is 23.0. The van der Waals surface area contributed by atoms with Crippen molar-refractivity contribution in [2.24, 2.45) is 0 Å². The van der Waals surface area contributed by atoms with Crippen LogP contribution >= 0.6 is 0 Å². The first-order chi connectivity index (χ1) is 13.0. The van der Waals surface area contributed by atoms with Gasteiger partial charge in [-0.1, -0.05) is 24.3 Å². The summed E-state index contributed by atoms with van der Waals surface area (Å²) in [6, 6.07) is 13.3. The first-order valence-electron chi connectivity index (χ1n) is 8.53. The topological polar surface area (TPSA) is 64.6 Å². The fourth-order valence-electron chi connectivity index (χ4n) is 2.30. The van der Waals surface area contributed by atoms with Crippen molar-refractivity contribution in [3.05, 3.63) is 71.6 Å². The molecule has 2 aromatic carbocycles. The van der Waals surface area contributed by atoms with E-state index in [1.165, 1.54) is 25.1 Å². The number of hydrogen-bond donors (Lipinski definition) is 1. The van der Waals surface area contributed by atoms with E-state index in [4.69, 9.17) is 9.47 Å². The van der Waals surface area contributed by atoms with Gasteiger partial charge in [-0.3, -0.25) is 4.79 Å². The minimum Gasteiger partial charge on any atom is -0.497 e. The number of rotatable bonds is 8. The van der Waals surface area contributed by atoms with Gasteiger partial charge in [0.2, 0.25) is 0 Å². The molecule has 0 aliphatic carbocycles. The van der Waals surface area contributed by atoms with Crippen molar-refractivity contribution in [2.75, 3.05) is 13.7 Å². The molecule has 1 N–H and O–H groups in total. The lowest BCUT2D eigenvalue weighted by molar-refractivity contribution is -0.150. The molecule has 0 aliphatic rings. The van der Waals surface area contributed by atoms with Crippen LogP contribution in [-0.2, 0) is 20.7 Å². The van der Waals surface area contributed by atoms with Gasteiger partial charge in [0.1, 0.15) is 11.6 Å². The number of nitrogens with one attached hydrogen (secondary N) is 1. The highest BCUT2D eigenvalue weighted by atomic mass is 19.1. The highest BCUT2D eigenvalue weighted by Gasteiger charge is 2.15. The number of hydrogen-bond acceptors (Lipinski definition) is 4. The molecule has 27 heavy (non-hydrogen) atoms. The lowest BCUT2D eigenvalue weighted by Gasteiger charge is -2.12. The Balaban J connectivity index is 1.76. The molecule has 0 aromatic heterocycles. The molecule has 0 unspecified atom stereocenters. The molecule has 6 heteroatoms. The molecule has 0 radical (unpaired) electrons. The normalized spacial score (nSPS) is 11.8. The van der Waals surface area contributed by atoms with E-state index in [0.717, 1.165) is 11.1 Å². The Kier molecular flexibility index (Phi) is 7.55. The van der Waals surface area contributed by atoms with Crippen LogP contribution in [0.2, 0.25) is 0 Å². The molecule has 0 heterocycles. The molecule has 1 atom stereocenters. The molecule has 0 saturated heterocycles. The van der Waals surface area contributed by atoms with Crippen LogP contribution in [0.25, 0.3) is 6.08 Å². The fraction of sp³-hybridized carbons (Fsp3) is 0.238. The van der Waals surface area contributed by atoms with Gasteiger partial charge in [-0.05, 0) is 54.8 Å². The third-order valence-corrected chi connectivity index (χ3v) is 3.79. The largest absolute Gasteiger partial charge is 0.497 e. The fourth-order valence-corrected chi connectivity index (χ4v) is 2.30. The van der Waals surface area contributed by atoms with E-state index in [1.807, 2.05) is 6.07 Å². The van der Waals surface area contributed by atoms with E-state index in [0.29, 0.717) is 18.7 Å². The molecule has 2 rings (SSSR count). The van der Waals surface area contributed by atoms with Crippen molar-refractivity contribution in [2.45, 2.75) is 19.4 Å². The molecule has 0 saturated carbocycles. The SMILES string of the molecule is COc1cccc(/C=C/C(=O)O[C@@H](C)C(=O)NCCc2ccc(F)cc2)c1. The minimum atomic E-state index is -0.916. The van der Waals surface area contributed by atoms with Crippen LogP contribution < -0.4 is 10.1 Å². The average molecular weight is 371 g/mol. The summed E-state index contributed by atoms with van der Waals surface area (Å²) in [5.41, 5.74) is 1.69. The Morgan fingerprint density at radius 2 is 1.93 bits per heavy atom. The summed E-state index contributed by atoms with van der Waals surface area (Å²) in [6.45, 7) is 1.87. The highest BCUT2D eigenvalue weighted by molar-refractivity contribution is 5.90. The van der Waals surface area contributed by atoms with Gasteiger partial charge in [-0.15, -0.1) is 0 Å². The third-order valence-electron chi connectivity index (χ3n) is 3.79. The Bertz CT molecular complexity index is 802. The summed E-state index contributed by atoms with van der Waals surface area (Å²) >= 11 is 0. The predicted octanol–water partition coefficient (Wildman–Crippen LogP) is 3.14. The number of halogens is 1. The first-order valence-corrected chi connectivity index (χ1v) is 8.53. The summed E-state index contributed by atoms with van der Waals surface area (Å²) in [5.74, 6) is -0.621. The van der Waals surface area contributed by atoms with Crippen LogP contribution in [0.3, 0.4) is 0 Å². The van der Waals surface area contributed by atoms with E-state index in [2.05, 4.69) is 5.32 Å². The molecule has 142 valence electrons. The van der Waals surface area contributed by atoms with Crippen molar-refractivity contribution in [1.29, 1.82) is 0 Å². The number of methoxy groups -OCH3 is 1. The van der Waals surface area contributed by atoms with Gasteiger partial charge >= 0.3 is 5.97 Å². The number of benzene rings is 2. The molecule has 0 aliphatic heterocycles. The monoisotopic (exact) mass is 371 g/mol. The van der Waals surface area contributed by atoms with Gasteiger partial charge in [0.05, 0.1) is 7.11 Å². The van der Waals surface area contributed by atoms with E-state index in [9.17, 15) is 14.0 Å². The number of esters is 1. The van der Waals surface area contributed by atoms with Gasteiger partial charge in [-0.2, -0.15) is 0 Å². The summed E-state index contributed by atoms with van der Waals surface area (Å²) in [6.07, 6.45) is 2.49. The van der Waals surface area contributed by atoms with Crippen LogP contribution in [0.4, 0.5) is 4.39 Å². The van der Waals surface area contributed by atoms with Crippen LogP contribution in [0, 0.1) is 5.82 Å². The standard InChI is InChI=1S/C21H22FNO4/c1-15(21(25)23-13-12-16-6-9-18(22)10-7-16)27-20(24)11-8-17-4-3-5-19(14-17)26-2/h3-11,14-15H,12-13H2,1-2H3,(H,23,25)/b11-8+/t15-/m0/s1. The third kappa shape index (κ3) is 6.93. The molecule has 2 aromatic rings. The van der Waals surface area contributed by atoms with E-state index in [-0.39, 0.29) is 11.7 Å². The molecular weight excluding hydrogens is 349 g/mol. The Morgan fingerprint density at radius 3 is 2.63 bits per heavy atom. The van der Waals surface area contributed by atoms with Gasteiger partial charge in [0.25, 0.3) is 5.91 Å². The molecule has 1 amide bonds. The van der Waals surface area contributed by atoms with Crippen molar-refractivity contribution in [3.8, 4) is 5.75 Å². The maximum Gasteiger partial charge on any atom is 0.331 e. The van der Waals surface area contributed by atoms with Crippen molar-refractivity contribution >= 4 is 18.0 Å². The molecule has 0 bridgehead atoms. The number of ether oxygens (including phenoxy) is 2. The second kappa shape index (κ2) is 10.1. The first kappa shape index (κ1) is 20.2. The molecule has 0 spiro atoms. The zero-order chi connectivity index (χ0) is 19.6. The van der Waals surface area contributed by atoms with Crippen LogP contribution in [-0.4, -0.2) is 31.6 Å². The smallest absolute Gasteiger partial charge is 0.331 e. The maximum atomic E-state index is 12.8. The summed E-state index contributed by atoms with van der Waals surface area (Å²) in [4.78, 5) is 23.8. The second-order valence-corrected chi connectivity index (χ2v) is 5.86. The average Bonchev–Trinajstić information content (AvgIpc) is 2.68. The Morgan fingerprint density at radius 1 is 1.19 bits per heavy atom. The van der Waals surface area contributed by atoms with Crippen LogP contribution in [0.15, 0.2) is 54.6 Å². The summed E-state index contributed by atoms with van der Waals surface area (Å²) in [5, 5.41) is 2.69. The highest BCUT2D eigenvalue weighted by Crippen LogP contribution is 2.13. The molecular formula is C21H22FNO4. The van der Waals surface area contributed by atoms with E-state index >= 15 is 0 Å². The lowest BCUT2D eigenvalue weighted by atomic mass is 10.1. The maximum absolute atomic E-state index is 12.8. The number of carbonyl (C=O) groups excluding carboxylic acids is 2. The van der Waals surface area contributed by atoms with Crippen molar-refractivity contribution in [1.82, 2.24) is 5.32 Å². The number of carbonyl (C=O) groups is 2. The van der Waals surface area contributed by atoms with Gasteiger partial charge in [0.15, 0.2) is 6.10 Å². The quantitative estimate of drug-likeness (QED) is 0.572. The second-order valence-electron chi connectivity index (χ2n) is 5.86. The summed E-state index contributed by atoms with van der Waals surface area (Å²) in [7, 11) is 1.56. The van der Waals surface area contributed by atoms with Gasteiger partial charge in [0, 0.05) is 12.6 Å². The zero-order valence-corrected chi connectivity index (χ0v) is 15.3. The minimum absolute atomic E-state index is 0.301. The van der Waals surface area contributed by atoms with E-state index in [1.54, 1.807) is 43.5 Å². The van der Waals surface area contributed by atoms with Gasteiger partial charge < -0.3 is 14.8 Å². The Hall–Kier alpha value is -3.15. The van der Waals surface area contributed by atoms with Gasteiger partial charge in [-0.25, -0.2) is 9.18 Å².